The zero-order valence-electron chi connectivity index (χ0n) is 10.4. The number of benzene rings is 1. The summed E-state index contributed by atoms with van der Waals surface area (Å²) in [7, 11) is 1.63. The van der Waals surface area contributed by atoms with E-state index in [9.17, 15) is 0 Å². The first-order chi connectivity index (χ1) is 8.08. The average Bonchev–Trinajstić information content (AvgIpc) is 2.27. The van der Waals surface area contributed by atoms with E-state index in [0.717, 1.165) is 21.5 Å². The lowest BCUT2D eigenvalue weighted by molar-refractivity contribution is 0.230. The van der Waals surface area contributed by atoms with Crippen LogP contribution in [-0.2, 0) is 0 Å². The molecule has 0 aromatic heterocycles. The van der Waals surface area contributed by atoms with Gasteiger partial charge in [0.2, 0.25) is 0 Å². The van der Waals surface area contributed by atoms with Gasteiger partial charge >= 0.3 is 0 Å². The summed E-state index contributed by atoms with van der Waals surface area (Å²) in [6.07, 6.45) is 3.95. The van der Waals surface area contributed by atoms with E-state index in [-0.39, 0.29) is 6.10 Å². The van der Waals surface area contributed by atoms with Crippen LogP contribution in [0.15, 0.2) is 22.7 Å². The van der Waals surface area contributed by atoms with Crippen molar-refractivity contribution in [2.45, 2.75) is 20.0 Å². The largest absolute Gasteiger partial charge is 0.493 e. The summed E-state index contributed by atoms with van der Waals surface area (Å²) in [6, 6.07) is 3.84. The molecule has 1 aromatic rings. The standard InChI is InChI=1S/C13H18BrNO2/c1-9(2)17-13-8-11(14)10(5-4-6-15)7-12(13)16-3/h4-5,7-9H,6,15H2,1-3H3/b5-4+. The summed E-state index contributed by atoms with van der Waals surface area (Å²) < 4.78 is 11.9. The highest BCUT2D eigenvalue weighted by atomic mass is 79.9. The molecule has 0 fully saturated rings. The monoisotopic (exact) mass is 299 g/mol. The van der Waals surface area contributed by atoms with Crippen LogP contribution in [0.25, 0.3) is 6.08 Å². The normalized spacial score (nSPS) is 11.2. The van der Waals surface area contributed by atoms with Gasteiger partial charge in [0.1, 0.15) is 0 Å². The SMILES string of the molecule is COc1cc(/C=C/CN)c(Br)cc1OC(C)C. The summed E-state index contributed by atoms with van der Waals surface area (Å²) in [5.41, 5.74) is 6.45. The molecule has 0 spiro atoms. The summed E-state index contributed by atoms with van der Waals surface area (Å²) >= 11 is 3.50. The molecule has 3 nitrogen and oxygen atoms in total. The molecular weight excluding hydrogens is 282 g/mol. The average molecular weight is 300 g/mol. The lowest BCUT2D eigenvalue weighted by Crippen LogP contribution is -2.07. The minimum absolute atomic E-state index is 0.112. The third-order valence-corrected chi connectivity index (χ3v) is 2.77. The Kier molecular flexibility index (Phi) is 5.51. The minimum atomic E-state index is 0.112. The summed E-state index contributed by atoms with van der Waals surface area (Å²) in [5, 5.41) is 0. The predicted molar refractivity (Wildman–Crippen MR) is 74.5 cm³/mol. The van der Waals surface area contributed by atoms with Crippen LogP contribution in [0, 0.1) is 0 Å². The number of methoxy groups -OCH3 is 1. The molecule has 17 heavy (non-hydrogen) atoms. The molecule has 0 radical (unpaired) electrons. The van der Waals surface area contributed by atoms with Crippen LogP contribution < -0.4 is 15.2 Å². The number of rotatable bonds is 5. The van der Waals surface area contributed by atoms with Crippen LogP contribution in [0.1, 0.15) is 19.4 Å². The van der Waals surface area contributed by atoms with E-state index in [4.69, 9.17) is 15.2 Å². The van der Waals surface area contributed by atoms with Gasteiger partial charge in [0.25, 0.3) is 0 Å². The van der Waals surface area contributed by atoms with Gasteiger partial charge in [0.15, 0.2) is 11.5 Å². The van der Waals surface area contributed by atoms with Gasteiger partial charge in [-0.1, -0.05) is 28.1 Å². The molecule has 0 unspecified atom stereocenters. The molecular formula is C13H18BrNO2. The summed E-state index contributed by atoms with van der Waals surface area (Å²) in [5.74, 6) is 1.46. The van der Waals surface area contributed by atoms with Crippen molar-refractivity contribution in [3.05, 3.63) is 28.2 Å². The summed E-state index contributed by atoms with van der Waals surface area (Å²) in [6.45, 7) is 4.48. The van der Waals surface area contributed by atoms with Crippen molar-refractivity contribution in [1.82, 2.24) is 0 Å². The Balaban J connectivity index is 3.10. The maximum absolute atomic E-state index is 5.67. The van der Waals surface area contributed by atoms with Crippen molar-refractivity contribution in [3.8, 4) is 11.5 Å². The lowest BCUT2D eigenvalue weighted by atomic mass is 10.2. The highest BCUT2D eigenvalue weighted by Crippen LogP contribution is 2.34. The minimum Gasteiger partial charge on any atom is -0.493 e. The second-order valence-corrected chi connectivity index (χ2v) is 4.68. The zero-order valence-corrected chi connectivity index (χ0v) is 12.0. The van der Waals surface area contributed by atoms with Gasteiger partial charge in [-0.05, 0) is 31.5 Å². The van der Waals surface area contributed by atoms with E-state index in [1.54, 1.807) is 7.11 Å². The molecule has 2 N–H and O–H groups in total. The first-order valence-corrected chi connectivity index (χ1v) is 6.28. The third kappa shape index (κ3) is 4.06. The Labute approximate surface area is 111 Å². The number of ether oxygens (including phenoxy) is 2. The van der Waals surface area contributed by atoms with Crippen LogP contribution in [0.5, 0.6) is 11.5 Å². The predicted octanol–water partition coefficient (Wildman–Crippen LogP) is 3.22. The highest BCUT2D eigenvalue weighted by Gasteiger charge is 2.10. The fraction of sp³-hybridized carbons (Fsp3) is 0.385. The second-order valence-electron chi connectivity index (χ2n) is 3.83. The van der Waals surface area contributed by atoms with E-state index in [1.807, 2.05) is 38.1 Å². The molecule has 0 amide bonds. The lowest BCUT2D eigenvalue weighted by Gasteiger charge is -2.15. The van der Waals surface area contributed by atoms with E-state index >= 15 is 0 Å². The molecule has 0 saturated heterocycles. The summed E-state index contributed by atoms with van der Waals surface area (Å²) in [4.78, 5) is 0. The van der Waals surface area contributed by atoms with Crippen LogP contribution in [-0.4, -0.2) is 19.8 Å². The maximum atomic E-state index is 5.67. The number of hydrogen-bond acceptors (Lipinski definition) is 3. The van der Waals surface area contributed by atoms with Gasteiger partial charge in [-0.2, -0.15) is 0 Å². The van der Waals surface area contributed by atoms with Crippen molar-refractivity contribution in [2.24, 2.45) is 5.73 Å². The quantitative estimate of drug-likeness (QED) is 0.908. The molecule has 4 heteroatoms. The third-order valence-electron chi connectivity index (χ3n) is 2.08. The van der Waals surface area contributed by atoms with Crippen LogP contribution in [0.2, 0.25) is 0 Å². The molecule has 0 saturated carbocycles. The van der Waals surface area contributed by atoms with E-state index in [2.05, 4.69) is 15.9 Å². The Bertz CT molecular complexity index is 403. The van der Waals surface area contributed by atoms with E-state index < -0.39 is 0 Å². The van der Waals surface area contributed by atoms with E-state index in [1.165, 1.54) is 0 Å². The van der Waals surface area contributed by atoms with Gasteiger partial charge in [0, 0.05) is 11.0 Å². The second kappa shape index (κ2) is 6.67. The smallest absolute Gasteiger partial charge is 0.162 e. The molecule has 0 aliphatic rings. The zero-order chi connectivity index (χ0) is 12.8. The van der Waals surface area contributed by atoms with Crippen LogP contribution in [0.4, 0.5) is 0 Å². The molecule has 0 heterocycles. The Hall–Kier alpha value is -1.00. The van der Waals surface area contributed by atoms with E-state index in [0.29, 0.717) is 6.54 Å². The Morgan fingerprint density at radius 3 is 2.59 bits per heavy atom. The van der Waals surface area contributed by atoms with Crippen molar-refractivity contribution in [2.75, 3.05) is 13.7 Å². The first kappa shape index (κ1) is 14.1. The first-order valence-electron chi connectivity index (χ1n) is 5.49. The number of hydrogen-bond donors (Lipinski definition) is 1. The van der Waals surface area contributed by atoms with Gasteiger partial charge in [-0.25, -0.2) is 0 Å². The Morgan fingerprint density at radius 2 is 2.06 bits per heavy atom. The molecule has 1 aromatic carbocycles. The molecule has 0 aliphatic carbocycles. The van der Waals surface area contributed by atoms with Gasteiger partial charge in [-0.3, -0.25) is 0 Å². The molecule has 1 rings (SSSR count). The molecule has 94 valence electrons. The van der Waals surface area contributed by atoms with Gasteiger partial charge in [-0.15, -0.1) is 0 Å². The molecule has 0 aliphatic heterocycles. The van der Waals surface area contributed by atoms with Crippen molar-refractivity contribution in [1.29, 1.82) is 0 Å². The van der Waals surface area contributed by atoms with Crippen LogP contribution in [0.3, 0.4) is 0 Å². The van der Waals surface area contributed by atoms with Gasteiger partial charge in [0.05, 0.1) is 13.2 Å². The highest BCUT2D eigenvalue weighted by molar-refractivity contribution is 9.10. The van der Waals surface area contributed by atoms with Gasteiger partial charge < -0.3 is 15.2 Å². The number of nitrogens with two attached hydrogens (primary N) is 1. The van der Waals surface area contributed by atoms with Crippen LogP contribution >= 0.6 is 15.9 Å². The molecule has 0 atom stereocenters. The topological polar surface area (TPSA) is 44.5 Å². The Morgan fingerprint density at radius 1 is 1.35 bits per heavy atom. The van der Waals surface area contributed by atoms with Crippen molar-refractivity contribution < 1.29 is 9.47 Å². The number of halogens is 1. The van der Waals surface area contributed by atoms with Crippen molar-refractivity contribution >= 4 is 22.0 Å². The fourth-order valence-electron chi connectivity index (χ4n) is 1.38. The molecule has 0 bridgehead atoms. The maximum Gasteiger partial charge on any atom is 0.162 e. The fourth-order valence-corrected chi connectivity index (χ4v) is 1.83. The van der Waals surface area contributed by atoms with Crippen molar-refractivity contribution in [3.63, 3.8) is 0 Å².